The first kappa shape index (κ1) is 12.9. The number of hydrogen-bond acceptors (Lipinski definition) is 3. The fourth-order valence-electron chi connectivity index (χ4n) is 1.24. The van der Waals surface area contributed by atoms with Crippen molar-refractivity contribution in [2.24, 2.45) is 0 Å². The van der Waals surface area contributed by atoms with Gasteiger partial charge in [-0.05, 0) is 24.6 Å². The molecule has 1 amide bonds. The number of aryl methyl sites for hydroxylation is 1. The molecule has 0 aromatic heterocycles. The van der Waals surface area contributed by atoms with Crippen LogP contribution in [0, 0.1) is 6.92 Å². The van der Waals surface area contributed by atoms with E-state index in [-0.39, 0.29) is 24.0 Å². The van der Waals surface area contributed by atoms with Crippen LogP contribution in [0.1, 0.15) is 5.56 Å². The second-order valence-electron chi connectivity index (χ2n) is 3.43. The Morgan fingerprint density at radius 1 is 1.50 bits per heavy atom. The number of carbonyl (C=O) groups is 1. The molecule has 1 rings (SSSR count). The summed E-state index contributed by atoms with van der Waals surface area (Å²) in [5.74, 6) is -0.229. The second kappa shape index (κ2) is 6.40. The molecule has 88 valence electrons. The van der Waals surface area contributed by atoms with Gasteiger partial charge in [-0.25, -0.2) is 0 Å². The van der Waals surface area contributed by atoms with E-state index in [0.29, 0.717) is 5.69 Å². The first-order chi connectivity index (χ1) is 7.61. The summed E-state index contributed by atoms with van der Waals surface area (Å²) in [6.45, 7) is 1.77. The summed E-state index contributed by atoms with van der Waals surface area (Å²) in [7, 11) is -1.29. The summed E-state index contributed by atoms with van der Waals surface area (Å²) in [5, 5.41) is 11.2. The fourth-order valence-corrected chi connectivity index (χ4v) is 1.95. The number of aliphatic hydroxyl groups is 1. The minimum Gasteiger partial charge on any atom is -0.395 e. The van der Waals surface area contributed by atoms with E-state index in [4.69, 9.17) is 5.11 Å². The minimum atomic E-state index is -1.29. The van der Waals surface area contributed by atoms with Crippen LogP contribution in [0.4, 0.5) is 5.69 Å². The summed E-state index contributed by atoms with van der Waals surface area (Å²) < 4.78 is 11.2. The van der Waals surface area contributed by atoms with Gasteiger partial charge in [-0.3, -0.25) is 9.00 Å². The van der Waals surface area contributed by atoms with Crippen molar-refractivity contribution in [3.05, 3.63) is 29.8 Å². The predicted molar refractivity (Wildman–Crippen MR) is 64.8 cm³/mol. The molecule has 0 heterocycles. The van der Waals surface area contributed by atoms with Crippen LogP contribution in [0.5, 0.6) is 0 Å². The van der Waals surface area contributed by atoms with Crippen molar-refractivity contribution in [3.8, 4) is 0 Å². The monoisotopic (exact) mass is 241 g/mol. The molecule has 4 nitrogen and oxygen atoms in total. The number of nitrogens with one attached hydrogen (secondary N) is 1. The van der Waals surface area contributed by atoms with E-state index in [1.165, 1.54) is 0 Å². The predicted octanol–water partition coefficient (Wildman–Crippen LogP) is 0.675. The van der Waals surface area contributed by atoms with Crippen molar-refractivity contribution in [2.45, 2.75) is 6.92 Å². The molecule has 16 heavy (non-hydrogen) atoms. The van der Waals surface area contributed by atoms with Gasteiger partial charge in [0.2, 0.25) is 5.91 Å². The molecule has 0 radical (unpaired) electrons. The molecular formula is C11H15NO3S. The fraction of sp³-hybridized carbons (Fsp3) is 0.364. The molecule has 0 aliphatic heterocycles. The highest BCUT2D eigenvalue weighted by Crippen LogP contribution is 2.09. The minimum absolute atomic E-state index is 0.0749. The number of rotatable bonds is 5. The molecule has 0 aliphatic rings. The molecule has 0 saturated carbocycles. The summed E-state index contributed by atoms with van der Waals surface area (Å²) in [6, 6.07) is 7.39. The van der Waals surface area contributed by atoms with Crippen LogP contribution < -0.4 is 5.32 Å². The van der Waals surface area contributed by atoms with Gasteiger partial charge in [0, 0.05) is 22.2 Å². The lowest BCUT2D eigenvalue weighted by Crippen LogP contribution is -2.21. The molecular weight excluding hydrogens is 226 g/mol. The Hall–Kier alpha value is -1.20. The quantitative estimate of drug-likeness (QED) is 0.796. The lowest BCUT2D eigenvalue weighted by atomic mass is 10.2. The van der Waals surface area contributed by atoms with Crippen molar-refractivity contribution < 1.29 is 14.1 Å². The highest BCUT2D eigenvalue weighted by atomic mass is 32.2. The molecule has 0 aliphatic carbocycles. The SMILES string of the molecule is Cc1cccc(NC(=O)CS(=O)CCO)c1. The summed E-state index contributed by atoms with van der Waals surface area (Å²) in [5.41, 5.74) is 1.75. The highest BCUT2D eigenvalue weighted by molar-refractivity contribution is 7.85. The van der Waals surface area contributed by atoms with E-state index in [0.717, 1.165) is 5.56 Å². The first-order valence-electron chi connectivity index (χ1n) is 4.94. The van der Waals surface area contributed by atoms with Gasteiger partial charge in [0.05, 0.1) is 6.61 Å². The van der Waals surface area contributed by atoms with Gasteiger partial charge >= 0.3 is 0 Å². The van der Waals surface area contributed by atoms with E-state index in [1.54, 1.807) is 6.07 Å². The standard InChI is InChI=1S/C11H15NO3S/c1-9-3-2-4-10(7-9)12-11(14)8-16(15)6-5-13/h2-4,7,13H,5-6,8H2,1H3,(H,12,14). The topological polar surface area (TPSA) is 66.4 Å². The second-order valence-corrected chi connectivity index (χ2v) is 5.01. The maximum atomic E-state index is 11.4. The number of benzene rings is 1. The molecule has 1 aromatic rings. The van der Waals surface area contributed by atoms with Crippen molar-refractivity contribution in [3.63, 3.8) is 0 Å². The molecule has 1 atom stereocenters. The van der Waals surface area contributed by atoms with Crippen LogP contribution in [-0.2, 0) is 15.6 Å². The van der Waals surface area contributed by atoms with Gasteiger partial charge in [0.15, 0.2) is 0 Å². The van der Waals surface area contributed by atoms with E-state index >= 15 is 0 Å². The number of carbonyl (C=O) groups excluding carboxylic acids is 1. The first-order valence-corrected chi connectivity index (χ1v) is 6.43. The zero-order chi connectivity index (χ0) is 12.0. The largest absolute Gasteiger partial charge is 0.395 e. The van der Waals surface area contributed by atoms with Crippen molar-refractivity contribution >= 4 is 22.4 Å². The van der Waals surface area contributed by atoms with Gasteiger partial charge in [-0.1, -0.05) is 12.1 Å². The van der Waals surface area contributed by atoms with Gasteiger partial charge in [0.1, 0.15) is 5.75 Å². The van der Waals surface area contributed by atoms with E-state index < -0.39 is 10.8 Å². The van der Waals surface area contributed by atoms with Crippen LogP contribution in [0.15, 0.2) is 24.3 Å². The zero-order valence-electron chi connectivity index (χ0n) is 9.10. The Kier molecular flexibility index (Phi) is 5.14. The highest BCUT2D eigenvalue weighted by Gasteiger charge is 2.07. The maximum Gasteiger partial charge on any atom is 0.236 e. The van der Waals surface area contributed by atoms with Crippen molar-refractivity contribution in [1.29, 1.82) is 0 Å². The lowest BCUT2D eigenvalue weighted by Gasteiger charge is -2.05. The molecule has 0 fully saturated rings. The third-order valence-corrected chi connectivity index (χ3v) is 3.13. The Morgan fingerprint density at radius 2 is 2.25 bits per heavy atom. The summed E-state index contributed by atoms with van der Waals surface area (Å²) in [6.07, 6.45) is 0. The smallest absolute Gasteiger partial charge is 0.236 e. The van der Waals surface area contributed by atoms with Crippen LogP contribution in [0.3, 0.4) is 0 Å². The van der Waals surface area contributed by atoms with E-state index in [1.807, 2.05) is 25.1 Å². The Labute approximate surface area is 97.1 Å². The van der Waals surface area contributed by atoms with E-state index in [2.05, 4.69) is 5.32 Å². The zero-order valence-corrected chi connectivity index (χ0v) is 9.92. The molecule has 1 aromatic carbocycles. The Balaban J connectivity index is 2.48. The number of aliphatic hydroxyl groups excluding tert-OH is 1. The molecule has 1 unspecified atom stereocenters. The van der Waals surface area contributed by atoms with Crippen LogP contribution in [-0.4, -0.2) is 33.3 Å². The Morgan fingerprint density at radius 3 is 2.88 bits per heavy atom. The summed E-state index contributed by atoms with van der Waals surface area (Å²) >= 11 is 0. The van der Waals surface area contributed by atoms with Gasteiger partial charge in [-0.15, -0.1) is 0 Å². The van der Waals surface area contributed by atoms with E-state index in [9.17, 15) is 9.00 Å². The molecule has 0 bridgehead atoms. The number of hydrogen-bond donors (Lipinski definition) is 2. The van der Waals surface area contributed by atoms with Crippen molar-refractivity contribution in [2.75, 3.05) is 23.4 Å². The van der Waals surface area contributed by atoms with Crippen LogP contribution >= 0.6 is 0 Å². The van der Waals surface area contributed by atoms with Crippen molar-refractivity contribution in [1.82, 2.24) is 0 Å². The average molecular weight is 241 g/mol. The van der Waals surface area contributed by atoms with Crippen LogP contribution in [0.25, 0.3) is 0 Å². The summed E-state index contributed by atoms with van der Waals surface area (Å²) in [4.78, 5) is 11.4. The van der Waals surface area contributed by atoms with Gasteiger partial charge in [0.25, 0.3) is 0 Å². The third kappa shape index (κ3) is 4.55. The van der Waals surface area contributed by atoms with Gasteiger partial charge < -0.3 is 10.4 Å². The maximum absolute atomic E-state index is 11.4. The molecule has 0 saturated heterocycles. The lowest BCUT2D eigenvalue weighted by molar-refractivity contribution is -0.113. The normalized spacial score (nSPS) is 12.1. The number of amides is 1. The van der Waals surface area contributed by atoms with Crippen LogP contribution in [0.2, 0.25) is 0 Å². The molecule has 2 N–H and O–H groups in total. The molecule has 5 heteroatoms. The number of anilines is 1. The van der Waals surface area contributed by atoms with Gasteiger partial charge in [-0.2, -0.15) is 0 Å². The molecule has 0 spiro atoms. The third-order valence-electron chi connectivity index (χ3n) is 1.91. The Bertz CT molecular complexity index is 393. The average Bonchev–Trinajstić information content (AvgIpc) is 2.17.